The third-order valence-corrected chi connectivity index (χ3v) is 1.88. The molecule has 0 atom stereocenters. The fourth-order valence-corrected chi connectivity index (χ4v) is 1.03. The van der Waals surface area contributed by atoms with E-state index in [0.717, 1.165) is 11.9 Å². The van der Waals surface area contributed by atoms with Gasteiger partial charge in [-0.2, -0.15) is 4.98 Å². The second kappa shape index (κ2) is 4.66. The summed E-state index contributed by atoms with van der Waals surface area (Å²) in [5, 5.41) is 17.9. The molecule has 14 heavy (non-hydrogen) atoms. The first-order valence-corrected chi connectivity index (χ1v) is 4.80. The van der Waals surface area contributed by atoms with E-state index in [9.17, 15) is 4.79 Å². The average Bonchev–Trinajstić information content (AvgIpc) is 2.18. The maximum absolute atomic E-state index is 11.2. The molecule has 0 bridgehead atoms. The minimum Gasteiger partial charge on any atom is -0.502 e. The molecule has 1 amide bonds. The summed E-state index contributed by atoms with van der Waals surface area (Å²) in [5.74, 6) is -1.03. The molecule has 1 rings (SSSR count). The van der Waals surface area contributed by atoms with Crippen LogP contribution in [0.4, 0.5) is 0 Å². The Bertz CT molecular complexity index is 345. The molecule has 0 spiro atoms. The van der Waals surface area contributed by atoms with Crippen LogP contribution in [-0.4, -0.2) is 31.8 Å². The van der Waals surface area contributed by atoms with Crippen molar-refractivity contribution in [3.05, 3.63) is 12.0 Å². The van der Waals surface area contributed by atoms with Crippen LogP contribution < -0.4 is 4.72 Å². The van der Waals surface area contributed by atoms with Crippen LogP contribution in [0.25, 0.3) is 0 Å². The van der Waals surface area contributed by atoms with Crippen molar-refractivity contribution in [2.75, 3.05) is 5.75 Å². The lowest BCUT2D eigenvalue weighted by molar-refractivity contribution is 0.0973. The Morgan fingerprint density at radius 1 is 1.64 bits per heavy atom. The van der Waals surface area contributed by atoms with E-state index in [4.69, 9.17) is 10.2 Å². The van der Waals surface area contributed by atoms with Gasteiger partial charge in [-0.25, -0.2) is 4.98 Å². The highest BCUT2D eigenvalue weighted by Crippen LogP contribution is 2.18. The van der Waals surface area contributed by atoms with Crippen molar-refractivity contribution in [3.63, 3.8) is 0 Å². The number of aromatic nitrogens is 2. The van der Waals surface area contributed by atoms with Gasteiger partial charge in [0, 0.05) is 5.75 Å². The zero-order valence-electron chi connectivity index (χ0n) is 7.39. The first-order chi connectivity index (χ1) is 6.65. The summed E-state index contributed by atoms with van der Waals surface area (Å²) in [5.41, 5.74) is 0. The average molecular weight is 215 g/mol. The number of carbonyl (C=O) groups is 1. The maximum atomic E-state index is 11.2. The summed E-state index contributed by atoms with van der Waals surface area (Å²) in [6, 6.07) is 0. The number of rotatable bonds is 3. The normalized spacial score (nSPS) is 9.79. The van der Waals surface area contributed by atoms with Gasteiger partial charge in [0.05, 0.1) is 6.20 Å². The highest BCUT2D eigenvalue weighted by atomic mass is 32.2. The molecule has 1 heterocycles. The molecule has 6 nitrogen and oxygen atoms in total. The van der Waals surface area contributed by atoms with Crippen LogP contribution in [0, 0.1) is 0 Å². The van der Waals surface area contributed by atoms with Crippen LogP contribution in [-0.2, 0) is 0 Å². The smallest absolute Gasteiger partial charge is 0.299 e. The van der Waals surface area contributed by atoms with E-state index in [1.807, 2.05) is 6.92 Å². The molecular weight excluding hydrogens is 206 g/mol. The van der Waals surface area contributed by atoms with E-state index < -0.39 is 17.5 Å². The van der Waals surface area contributed by atoms with Crippen LogP contribution in [0.1, 0.15) is 17.5 Å². The van der Waals surface area contributed by atoms with Crippen molar-refractivity contribution in [3.8, 4) is 11.6 Å². The van der Waals surface area contributed by atoms with Crippen molar-refractivity contribution >= 4 is 17.9 Å². The van der Waals surface area contributed by atoms with Gasteiger partial charge in [0.2, 0.25) is 5.82 Å². The quantitative estimate of drug-likeness (QED) is 0.627. The first kappa shape index (κ1) is 10.6. The van der Waals surface area contributed by atoms with Crippen LogP contribution >= 0.6 is 11.9 Å². The Kier molecular flexibility index (Phi) is 3.52. The molecule has 3 N–H and O–H groups in total. The predicted molar refractivity (Wildman–Crippen MR) is 51.0 cm³/mol. The molecule has 0 aromatic carbocycles. The van der Waals surface area contributed by atoms with E-state index in [0.29, 0.717) is 0 Å². The van der Waals surface area contributed by atoms with Gasteiger partial charge >= 0.3 is 0 Å². The number of aromatic hydroxyl groups is 2. The van der Waals surface area contributed by atoms with Crippen molar-refractivity contribution in [2.45, 2.75) is 6.92 Å². The molecule has 0 aliphatic rings. The van der Waals surface area contributed by atoms with Crippen molar-refractivity contribution in [1.82, 2.24) is 14.7 Å². The summed E-state index contributed by atoms with van der Waals surface area (Å²) in [4.78, 5) is 18.2. The second-order valence-electron chi connectivity index (χ2n) is 2.27. The van der Waals surface area contributed by atoms with Crippen molar-refractivity contribution in [1.29, 1.82) is 0 Å². The third-order valence-electron chi connectivity index (χ3n) is 1.26. The Morgan fingerprint density at radius 2 is 2.36 bits per heavy atom. The van der Waals surface area contributed by atoms with Crippen molar-refractivity contribution < 1.29 is 15.0 Å². The fraction of sp³-hybridized carbons (Fsp3) is 0.286. The zero-order valence-corrected chi connectivity index (χ0v) is 8.21. The molecule has 0 fully saturated rings. The monoisotopic (exact) mass is 215 g/mol. The Labute approximate surface area is 84.5 Å². The lowest BCUT2D eigenvalue weighted by atomic mass is 10.5. The molecule has 0 aliphatic carbocycles. The third kappa shape index (κ3) is 2.49. The second-order valence-corrected chi connectivity index (χ2v) is 3.34. The maximum Gasteiger partial charge on any atom is 0.299 e. The largest absolute Gasteiger partial charge is 0.502 e. The number of amides is 1. The van der Waals surface area contributed by atoms with Gasteiger partial charge in [-0.1, -0.05) is 18.9 Å². The highest BCUT2D eigenvalue weighted by Gasteiger charge is 2.11. The topological polar surface area (TPSA) is 95.3 Å². The molecule has 76 valence electrons. The van der Waals surface area contributed by atoms with E-state index in [2.05, 4.69) is 14.7 Å². The van der Waals surface area contributed by atoms with Gasteiger partial charge in [-0.05, 0) is 0 Å². The van der Waals surface area contributed by atoms with E-state index in [-0.39, 0.29) is 5.82 Å². The summed E-state index contributed by atoms with van der Waals surface area (Å²) in [6.07, 6.45) is 0.966. The number of nitrogens with one attached hydrogen (secondary N) is 1. The van der Waals surface area contributed by atoms with Crippen molar-refractivity contribution in [2.24, 2.45) is 0 Å². The minimum atomic E-state index is -0.605. The fourth-order valence-electron chi connectivity index (χ4n) is 0.659. The molecular formula is C7H9N3O3S. The van der Waals surface area contributed by atoms with Crippen LogP contribution in [0.3, 0.4) is 0 Å². The van der Waals surface area contributed by atoms with Gasteiger partial charge in [0.1, 0.15) is 0 Å². The Balaban J connectivity index is 2.76. The number of carbonyl (C=O) groups excluding carboxylic acids is 1. The zero-order chi connectivity index (χ0) is 10.6. The summed E-state index contributed by atoms with van der Waals surface area (Å²) >= 11 is 1.20. The summed E-state index contributed by atoms with van der Waals surface area (Å²) in [6.45, 7) is 1.88. The highest BCUT2D eigenvalue weighted by molar-refractivity contribution is 7.97. The van der Waals surface area contributed by atoms with Crippen LogP contribution in [0.5, 0.6) is 11.6 Å². The first-order valence-electron chi connectivity index (χ1n) is 3.82. The van der Waals surface area contributed by atoms with Crippen LogP contribution in [0.15, 0.2) is 6.20 Å². The molecule has 0 unspecified atom stereocenters. The van der Waals surface area contributed by atoms with Crippen LogP contribution in [0.2, 0.25) is 0 Å². The number of nitrogens with zero attached hydrogens (tertiary/aromatic N) is 2. The Morgan fingerprint density at radius 3 is 2.93 bits per heavy atom. The number of hydrogen-bond acceptors (Lipinski definition) is 6. The van der Waals surface area contributed by atoms with Gasteiger partial charge in [-0.15, -0.1) is 0 Å². The predicted octanol–water partition coefficient (Wildman–Crippen LogP) is 0.286. The lowest BCUT2D eigenvalue weighted by Crippen LogP contribution is -2.18. The number of hydrogen-bond donors (Lipinski definition) is 3. The molecule has 1 aromatic heterocycles. The van der Waals surface area contributed by atoms with E-state index in [1.165, 1.54) is 11.9 Å². The molecule has 0 radical (unpaired) electrons. The molecule has 0 aliphatic heterocycles. The standard InChI is InChI=1S/C7H9N3O3S/c1-2-14-10-7(13)5-8-3-4(11)6(12)9-5/h3,11H,2H2,1H3,(H,10,13)(H,8,9,12). The van der Waals surface area contributed by atoms with Gasteiger partial charge < -0.3 is 10.2 Å². The molecule has 1 aromatic rings. The molecule has 0 saturated carbocycles. The summed E-state index contributed by atoms with van der Waals surface area (Å²) in [7, 11) is 0. The van der Waals surface area contributed by atoms with E-state index in [1.54, 1.807) is 0 Å². The minimum absolute atomic E-state index is 0.179. The molecule has 0 saturated heterocycles. The van der Waals surface area contributed by atoms with E-state index >= 15 is 0 Å². The molecule has 7 heteroatoms. The lowest BCUT2D eigenvalue weighted by Gasteiger charge is -2.01. The SMILES string of the molecule is CCSNC(=O)c1ncc(O)c(O)n1. The van der Waals surface area contributed by atoms with Gasteiger partial charge in [0.25, 0.3) is 11.8 Å². The van der Waals surface area contributed by atoms with Gasteiger partial charge in [0.15, 0.2) is 5.75 Å². The summed E-state index contributed by atoms with van der Waals surface area (Å²) < 4.78 is 2.46. The van der Waals surface area contributed by atoms with Gasteiger partial charge in [-0.3, -0.25) is 9.52 Å². The Hall–Kier alpha value is -1.50.